The molecule has 0 spiro atoms. The number of allylic oxidation sites excluding steroid dienone is 1. The Bertz CT molecular complexity index is 798. The minimum atomic E-state index is -1.83. The number of aliphatic hydroxyl groups is 1. The zero-order chi connectivity index (χ0) is 19.2. The molecule has 142 valence electrons. The number of benzene rings is 1. The van der Waals surface area contributed by atoms with Gasteiger partial charge in [-0.1, -0.05) is 42.5 Å². The van der Waals surface area contributed by atoms with Gasteiger partial charge in [0.2, 0.25) is 5.60 Å². The van der Waals surface area contributed by atoms with E-state index < -0.39 is 36.2 Å². The van der Waals surface area contributed by atoms with Gasteiger partial charge in [0.1, 0.15) is 12.7 Å². The van der Waals surface area contributed by atoms with Gasteiger partial charge < -0.3 is 14.6 Å². The Morgan fingerprint density at radius 2 is 1.89 bits per heavy atom. The summed E-state index contributed by atoms with van der Waals surface area (Å²) in [5, 5.41) is 11.2. The standard InChI is InChI=1S/C22H24O5/c1-13-9-11-17-19(18-14(2)8-10-16(13)18)27-21(24)22(17,25)12-26-20(23)15-6-4-3-5-7-15/h3-7,16-19,25H,1-2,8-12H2/t16-,17+,18-,19-,22-/m0/s1. The number of hydrogen-bond acceptors (Lipinski definition) is 5. The minimum absolute atomic E-state index is 0.00667. The van der Waals surface area contributed by atoms with E-state index in [-0.39, 0.29) is 11.8 Å². The van der Waals surface area contributed by atoms with Crippen molar-refractivity contribution in [2.45, 2.75) is 37.4 Å². The van der Waals surface area contributed by atoms with Crippen molar-refractivity contribution < 1.29 is 24.2 Å². The van der Waals surface area contributed by atoms with E-state index in [1.807, 2.05) is 0 Å². The predicted molar refractivity (Wildman–Crippen MR) is 98.8 cm³/mol. The van der Waals surface area contributed by atoms with Crippen LogP contribution in [0.2, 0.25) is 0 Å². The van der Waals surface area contributed by atoms with Gasteiger partial charge in [0.05, 0.1) is 5.56 Å². The number of rotatable bonds is 3. The van der Waals surface area contributed by atoms with Crippen molar-refractivity contribution in [3.05, 3.63) is 60.2 Å². The van der Waals surface area contributed by atoms with Crippen LogP contribution in [0, 0.1) is 17.8 Å². The van der Waals surface area contributed by atoms with Gasteiger partial charge in [-0.3, -0.25) is 0 Å². The molecule has 27 heavy (non-hydrogen) atoms. The lowest BCUT2D eigenvalue weighted by atomic mass is 9.78. The number of esters is 2. The topological polar surface area (TPSA) is 72.8 Å². The molecule has 4 rings (SSSR count). The second kappa shape index (κ2) is 6.64. The number of hydrogen-bond donors (Lipinski definition) is 1. The SMILES string of the molecule is C=C1CC[C@H]2C(=C)CC[C@@H]3[C@H](OC(=O)[C@]3(O)COC(=O)c3ccccc3)[C@@H]12. The highest BCUT2D eigenvalue weighted by Crippen LogP contribution is 2.53. The summed E-state index contributed by atoms with van der Waals surface area (Å²) in [4.78, 5) is 24.8. The van der Waals surface area contributed by atoms with E-state index in [1.165, 1.54) is 0 Å². The maximum Gasteiger partial charge on any atom is 0.342 e. The molecule has 2 aliphatic carbocycles. The van der Waals surface area contributed by atoms with E-state index in [9.17, 15) is 14.7 Å². The summed E-state index contributed by atoms with van der Waals surface area (Å²) >= 11 is 0. The fraction of sp³-hybridized carbons (Fsp3) is 0.455. The van der Waals surface area contributed by atoms with Crippen LogP contribution in [-0.4, -0.2) is 35.4 Å². The minimum Gasteiger partial charge on any atom is -0.459 e. The lowest BCUT2D eigenvalue weighted by Crippen LogP contribution is -2.47. The quantitative estimate of drug-likeness (QED) is 0.656. The monoisotopic (exact) mass is 368 g/mol. The second-order valence-electron chi connectivity index (χ2n) is 7.87. The Balaban J connectivity index is 1.56. The lowest BCUT2D eigenvalue weighted by molar-refractivity contribution is -0.159. The van der Waals surface area contributed by atoms with E-state index in [2.05, 4.69) is 13.2 Å². The van der Waals surface area contributed by atoms with Gasteiger partial charge in [0.25, 0.3) is 0 Å². The zero-order valence-electron chi connectivity index (χ0n) is 15.2. The van der Waals surface area contributed by atoms with Crippen molar-refractivity contribution >= 4 is 11.9 Å². The van der Waals surface area contributed by atoms with E-state index in [1.54, 1.807) is 30.3 Å². The largest absolute Gasteiger partial charge is 0.459 e. The Morgan fingerprint density at radius 1 is 1.19 bits per heavy atom. The molecule has 2 saturated carbocycles. The van der Waals surface area contributed by atoms with Crippen LogP contribution in [-0.2, 0) is 14.3 Å². The molecule has 1 aliphatic heterocycles. The third kappa shape index (κ3) is 2.90. The van der Waals surface area contributed by atoms with Crippen LogP contribution in [0.15, 0.2) is 54.6 Å². The molecule has 3 aliphatic rings. The average Bonchev–Trinajstić information content (AvgIpc) is 3.11. The van der Waals surface area contributed by atoms with Crippen LogP contribution in [0.3, 0.4) is 0 Å². The van der Waals surface area contributed by atoms with Crippen molar-refractivity contribution in [1.82, 2.24) is 0 Å². The summed E-state index contributed by atoms with van der Waals surface area (Å²) in [7, 11) is 0. The summed E-state index contributed by atoms with van der Waals surface area (Å²) in [6.45, 7) is 7.97. The summed E-state index contributed by atoms with van der Waals surface area (Å²) in [5.41, 5.74) is 0.735. The van der Waals surface area contributed by atoms with Crippen molar-refractivity contribution in [3.63, 3.8) is 0 Å². The molecule has 0 radical (unpaired) electrons. The van der Waals surface area contributed by atoms with Crippen LogP contribution in [0.1, 0.15) is 36.0 Å². The molecule has 5 atom stereocenters. The normalized spacial score (nSPS) is 35.2. The molecule has 1 N–H and O–H groups in total. The fourth-order valence-corrected chi connectivity index (χ4v) is 4.87. The molecule has 0 unspecified atom stereocenters. The molecule has 5 heteroatoms. The maximum absolute atomic E-state index is 12.6. The third-order valence-electron chi connectivity index (χ3n) is 6.38. The first-order valence-corrected chi connectivity index (χ1v) is 9.43. The van der Waals surface area contributed by atoms with Crippen LogP contribution in [0.4, 0.5) is 0 Å². The smallest absolute Gasteiger partial charge is 0.342 e. The number of fused-ring (bicyclic) bond motifs is 3. The van der Waals surface area contributed by atoms with E-state index in [4.69, 9.17) is 9.47 Å². The van der Waals surface area contributed by atoms with Gasteiger partial charge in [-0.2, -0.15) is 0 Å². The summed E-state index contributed by atoms with van der Waals surface area (Å²) in [6, 6.07) is 8.52. The Labute approximate surface area is 158 Å². The first kappa shape index (κ1) is 18.0. The molecule has 3 fully saturated rings. The van der Waals surface area contributed by atoms with Crippen LogP contribution < -0.4 is 0 Å². The number of carbonyl (C=O) groups excluding carboxylic acids is 2. The van der Waals surface area contributed by atoms with E-state index in [0.29, 0.717) is 12.0 Å². The Morgan fingerprint density at radius 3 is 2.63 bits per heavy atom. The maximum atomic E-state index is 12.6. The van der Waals surface area contributed by atoms with Crippen molar-refractivity contribution in [2.24, 2.45) is 17.8 Å². The first-order chi connectivity index (χ1) is 12.9. The molecule has 0 aromatic heterocycles. The third-order valence-corrected chi connectivity index (χ3v) is 6.38. The lowest BCUT2D eigenvalue weighted by Gasteiger charge is -2.29. The summed E-state index contributed by atoms with van der Waals surface area (Å²) in [5.74, 6) is -1.47. The molecule has 0 amide bonds. The van der Waals surface area contributed by atoms with Gasteiger partial charge in [0, 0.05) is 11.8 Å². The highest BCUT2D eigenvalue weighted by atomic mass is 16.6. The van der Waals surface area contributed by atoms with Crippen LogP contribution in [0.5, 0.6) is 0 Å². The van der Waals surface area contributed by atoms with Crippen molar-refractivity contribution in [3.8, 4) is 0 Å². The molecule has 1 aromatic carbocycles. The zero-order valence-corrected chi connectivity index (χ0v) is 15.2. The van der Waals surface area contributed by atoms with Gasteiger partial charge >= 0.3 is 11.9 Å². The highest BCUT2D eigenvalue weighted by molar-refractivity contribution is 5.90. The van der Waals surface area contributed by atoms with Gasteiger partial charge in [0.15, 0.2) is 0 Å². The Kier molecular flexibility index (Phi) is 4.42. The van der Waals surface area contributed by atoms with Crippen LogP contribution in [0.25, 0.3) is 0 Å². The van der Waals surface area contributed by atoms with E-state index in [0.717, 1.165) is 30.4 Å². The summed E-state index contributed by atoms with van der Waals surface area (Å²) < 4.78 is 11.0. The molecular weight excluding hydrogens is 344 g/mol. The molecule has 1 aromatic rings. The van der Waals surface area contributed by atoms with Gasteiger partial charge in [-0.05, 0) is 43.7 Å². The summed E-state index contributed by atoms with van der Waals surface area (Å²) in [6.07, 6.45) is 2.72. The molecule has 1 heterocycles. The van der Waals surface area contributed by atoms with Gasteiger partial charge in [-0.25, -0.2) is 9.59 Å². The second-order valence-corrected chi connectivity index (χ2v) is 7.87. The van der Waals surface area contributed by atoms with E-state index >= 15 is 0 Å². The molecule has 5 nitrogen and oxygen atoms in total. The first-order valence-electron chi connectivity index (χ1n) is 9.43. The number of ether oxygens (including phenoxy) is 2. The average molecular weight is 368 g/mol. The molecule has 0 bridgehead atoms. The predicted octanol–water partition coefficient (Wildman–Crippen LogP) is 3.05. The highest BCUT2D eigenvalue weighted by Gasteiger charge is 2.61. The van der Waals surface area contributed by atoms with Crippen molar-refractivity contribution in [1.29, 1.82) is 0 Å². The molecular formula is C22H24O5. The fourth-order valence-electron chi connectivity index (χ4n) is 4.87. The molecule has 1 saturated heterocycles. The Hall–Kier alpha value is -2.40. The van der Waals surface area contributed by atoms with Gasteiger partial charge in [-0.15, -0.1) is 0 Å². The van der Waals surface area contributed by atoms with Crippen LogP contribution >= 0.6 is 0 Å². The number of carbonyl (C=O) groups is 2. The van der Waals surface area contributed by atoms with Crippen molar-refractivity contribution in [2.75, 3.05) is 6.61 Å².